The van der Waals surface area contributed by atoms with Gasteiger partial charge in [0.25, 0.3) is 0 Å². The highest BCUT2D eigenvalue weighted by Crippen LogP contribution is 2.13. The highest BCUT2D eigenvalue weighted by molar-refractivity contribution is 5.33. The van der Waals surface area contributed by atoms with E-state index in [4.69, 9.17) is 4.74 Å². The first-order valence-corrected chi connectivity index (χ1v) is 6.73. The summed E-state index contributed by atoms with van der Waals surface area (Å²) in [6, 6.07) is 0. The Balaban J connectivity index is 2.12. The third-order valence-corrected chi connectivity index (χ3v) is 3.14. The zero-order valence-corrected chi connectivity index (χ0v) is 11.3. The average molecular weight is 250 g/mol. The van der Waals surface area contributed by atoms with Crippen LogP contribution in [0, 0.1) is 0 Å². The number of hydrogen-bond acceptors (Lipinski definition) is 5. The van der Waals surface area contributed by atoms with Gasteiger partial charge in [0, 0.05) is 31.4 Å². The van der Waals surface area contributed by atoms with Crippen LogP contribution in [0.5, 0.6) is 0 Å². The second kappa shape index (κ2) is 6.66. The quantitative estimate of drug-likeness (QED) is 0.844. The lowest BCUT2D eigenvalue weighted by Gasteiger charge is -2.27. The molecule has 1 aliphatic heterocycles. The van der Waals surface area contributed by atoms with Gasteiger partial charge in [0.2, 0.25) is 5.95 Å². The molecule has 0 bridgehead atoms. The molecular formula is C13H22N4O. The molecule has 0 amide bonds. The molecule has 1 aromatic rings. The summed E-state index contributed by atoms with van der Waals surface area (Å²) in [6.07, 6.45) is 2.90. The van der Waals surface area contributed by atoms with E-state index in [0.717, 1.165) is 57.5 Å². The minimum absolute atomic E-state index is 0.768. The average Bonchev–Trinajstić information content (AvgIpc) is 2.46. The minimum atomic E-state index is 0.768. The maximum Gasteiger partial charge on any atom is 0.225 e. The van der Waals surface area contributed by atoms with Crippen LogP contribution in [0.4, 0.5) is 5.95 Å². The van der Waals surface area contributed by atoms with Crippen LogP contribution in [0.2, 0.25) is 0 Å². The number of rotatable bonds is 5. The van der Waals surface area contributed by atoms with Crippen molar-refractivity contribution in [3.8, 4) is 0 Å². The van der Waals surface area contributed by atoms with E-state index >= 15 is 0 Å². The van der Waals surface area contributed by atoms with Crippen LogP contribution >= 0.6 is 0 Å². The Morgan fingerprint density at radius 2 is 2.11 bits per heavy atom. The van der Waals surface area contributed by atoms with Gasteiger partial charge in [-0.1, -0.05) is 13.8 Å². The summed E-state index contributed by atoms with van der Waals surface area (Å²) in [5.41, 5.74) is 2.35. The lowest BCUT2D eigenvalue weighted by molar-refractivity contribution is 0.122. The Morgan fingerprint density at radius 3 is 2.78 bits per heavy atom. The molecule has 1 saturated heterocycles. The van der Waals surface area contributed by atoms with Gasteiger partial charge in [-0.3, -0.25) is 0 Å². The molecule has 1 aliphatic rings. The van der Waals surface area contributed by atoms with Gasteiger partial charge < -0.3 is 15.0 Å². The predicted molar refractivity (Wildman–Crippen MR) is 71.8 cm³/mol. The van der Waals surface area contributed by atoms with E-state index in [1.807, 2.05) is 6.20 Å². The maximum absolute atomic E-state index is 5.35. The monoisotopic (exact) mass is 250 g/mol. The zero-order valence-electron chi connectivity index (χ0n) is 11.3. The fourth-order valence-electron chi connectivity index (χ4n) is 2.06. The number of nitrogens with one attached hydrogen (secondary N) is 1. The van der Waals surface area contributed by atoms with E-state index in [1.54, 1.807) is 0 Å². The molecule has 5 nitrogen and oxygen atoms in total. The van der Waals surface area contributed by atoms with Crippen LogP contribution in [0.3, 0.4) is 0 Å². The normalized spacial score (nSPS) is 16.0. The van der Waals surface area contributed by atoms with Crippen molar-refractivity contribution in [1.82, 2.24) is 15.3 Å². The van der Waals surface area contributed by atoms with Gasteiger partial charge in [-0.25, -0.2) is 9.97 Å². The molecule has 1 aromatic heterocycles. The summed E-state index contributed by atoms with van der Waals surface area (Å²) >= 11 is 0. The fourth-order valence-corrected chi connectivity index (χ4v) is 2.06. The zero-order chi connectivity index (χ0) is 12.8. The first kappa shape index (κ1) is 13.2. The van der Waals surface area contributed by atoms with Crippen LogP contribution in [-0.4, -0.2) is 42.8 Å². The smallest absolute Gasteiger partial charge is 0.225 e. The van der Waals surface area contributed by atoms with E-state index in [2.05, 4.69) is 34.0 Å². The molecule has 0 unspecified atom stereocenters. The number of ether oxygens (including phenoxy) is 1. The van der Waals surface area contributed by atoms with Crippen molar-refractivity contribution in [2.24, 2.45) is 0 Å². The van der Waals surface area contributed by atoms with Gasteiger partial charge >= 0.3 is 0 Å². The number of anilines is 1. The van der Waals surface area contributed by atoms with Gasteiger partial charge in [0.15, 0.2) is 0 Å². The molecule has 100 valence electrons. The second-order valence-electron chi connectivity index (χ2n) is 4.38. The molecule has 2 rings (SSSR count). The van der Waals surface area contributed by atoms with Crippen molar-refractivity contribution in [3.63, 3.8) is 0 Å². The van der Waals surface area contributed by atoms with E-state index in [0.29, 0.717) is 0 Å². The molecular weight excluding hydrogens is 228 g/mol. The third-order valence-electron chi connectivity index (χ3n) is 3.14. The summed E-state index contributed by atoms with van der Waals surface area (Å²) in [7, 11) is 0. The molecule has 0 spiro atoms. The van der Waals surface area contributed by atoms with Crippen molar-refractivity contribution in [3.05, 3.63) is 17.5 Å². The highest BCUT2D eigenvalue weighted by atomic mass is 16.5. The summed E-state index contributed by atoms with van der Waals surface area (Å²) in [5.74, 6) is 0.843. The van der Waals surface area contributed by atoms with E-state index in [9.17, 15) is 0 Å². The predicted octanol–water partition coefficient (Wildman–Crippen LogP) is 0.985. The number of hydrogen-bond donors (Lipinski definition) is 1. The van der Waals surface area contributed by atoms with Gasteiger partial charge in [0.05, 0.1) is 18.9 Å². The van der Waals surface area contributed by atoms with E-state index < -0.39 is 0 Å². The SMILES string of the molecule is CCNCc1cnc(N2CCOCC2)nc1CC. The summed E-state index contributed by atoms with van der Waals surface area (Å²) in [4.78, 5) is 11.4. The fraction of sp³-hybridized carbons (Fsp3) is 0.692. The number of aryl methyl sites for hydroxylation is 1. The number of morpholine rings is 1. The Morgan fingerprint density at radius 1 is 1.33 bits per heavy atom. The van der Waals surface area contributed by atoms with E-state index in [1.165, 1.54) is 5.56 Å². The molecule has 0 radical (unpaired) electrons. The summed E-state index contributed by atoms with van der Waals surface area (Å²) in [6.45, 7) is 9.37. The Labute approximate surface area is 109 Å². The van der Waals surface area contributed by atoms with Gasteiger partial charge in [0.1, 0.15) is 0 Å². The van der Waals surface area contributed by atoms with Gasteiger partial charge in [-0.2, -0.15) is 0 Å². The first-order chi connectivity index (χ1) is 8.85. The Hall–Kier alpha value is -1.20. The largest absolute Gasteiger partial charge is 0.378 e. The Kier molecular flexibility index (Phi) is 4.90. The van der Waals surface area contributed by atoms with Crippen molar-refractivity contribution in [1.29, 1.82) is 0 Å². The lowest BCUT2D eigenvalue weighted by atomic mass is 10.2. The van der Waals surface area contributed by atoms with Crippen molar-refractivity contribution >= 4 is 5.95 Å². The van der Waals surface area contributed by atoms with Crippen LogP contribution in [0.1, 0.15) is 25.1 Å². The highest BCUT2D eigenvalue weighted by Gasteiger charge is 2.15. The first-order valence-electron chi connectivity index (χ1n) is 6.73. The molecule has 1 N–H and O–H groups in total. The van der Waals surface area contributed by atoms with Gasteiger partial charge in [-0.05, 0) is 13.0 Å². The van der Waals surface area contributed by atoms with Crippen LogP contribution in [0.25, 0.3) is 0 Å². The molecule has 2 heterocycles. The third kappa shape index (κ3) is 3.17. The van der Waals surface area contributed by atoms with Gasteiger partial charge in [-0.15, -0.1) is 0 Å². The standard InChI is InChI=1S/C13H22N4O/c1-3-12-11(9-14-4-2)10-15-13(16-12)17-5-7-18-8-6-17/h10,14H,3-9H2,1-2H3. The number of aromatic nitrogens is 2. The van der Waals surface area contributed by atoms with Crippen LogP contribution in [-0.2, 0) is 17.7 Å². The Bertz CT molecular complexity index is 377. The molecule has 0 saturated carbocycles. The maximum atomic E-state index is 5.35. The molecule has 18 heavy (non-hydrogen) atoms. The second-order valence-corrected chi connectivity index (χ2v) is 4.38. The molecule has 5 heteroatoms. The summed E-state index contributed by atoms with van der Waals surface area (Å²) < 4.78 is 5.35. The topological polar surface area (TPSA) is 50.3 Å². The number of nitrogens with zero attached hydrogens (tertiary/aromatic N) is 3. The van der Waals surface area contributed by atoms with Crippen LogP contribution in [0.15, 0.2) is 6.20 Å². The van der Waals surface area contributed by atoms with E-state index in [-0.39, 0.29) is 0 Å². The molecule has 1 fully saturated rings. The summed E-state index contributed by atoms with van der Waals surface area (Å²) in [5, 5.41) is 3.32. The minimum Gasteiger partial charge on any atom is -0.378 e. The molecule has 0 aliphatic carbocycles. The molecule has 0 atom stereocenters. The van der Waals surface area contributed by atoms with Crippen molar-refractivity contribution in [2.45, 2.75) is 26.8 Å². The van der Waals surface area contributed by atoms with Crippen molar-refractivity contribution in [2.75, 3.05) is 37.7 Å². The lowest BCUT2D eigenvalue weighted by Crippen LogP contribution is -2.37. The molecule has 0 aromatic carbocycles. The van der Waals surface area contributed by atoms with Crippen LogP contribution < -0.4 is 10.2 Å². The van der Waals surface area contributed by atoms with Crippen molar-refractivity contribution < 1.29 is 4.74 Å².